The first-order chi connectivity index (χ1) is 21.2. The molecule has 3 aromatic carbocycles. The lowest BCUT2D eigenvalue weighted by atomic mass is 10.0. The number of anilines is 1. The predicted molar refractivity (Wildman–Crippen MR) is 166 cm³/mol. The molecule has 226 valence electrons. The normalized spacial score (nSPS) is 13.8. The zero-order chi connectivity index (χ0) is 30.8. The summed E-state index contributed by atoms with van der Waals surface area (Å²) >= 11 is 6.12. The number of carboxylic acid groups (broad SMARTS) is 1. The second kappa shape index (κ2) is 12.5. The van der Waals surface area contributed by atoms with Gasteiger partial charge in [-0.05, 0) is 48.0 Å². The van der Waals surface area contributed by atoms with Crippen molar-refractivity contribution >= 4 is 34.3 Å². The number of nitrogens with one attached hydrogen (secondary N) is 1. The minimum absolute atomic E-state index is 0.0847. The second-order valence-electron chi connectivity index (χ2n) is 10.9. The standard InChI is InChI=1S/C32H30ClFN6O4/c1-38-10-12-39(13-11-38)28-16-27-24(15-26(28)34)30(41)25(19-40(27)18-20-6-8-23(33)9-7-20)31-36-29(44-37-31)14-21-4-2-3-5-22(21)17-35-32(42)43/h2-9,15-16,19,35H,10-14,17-18H2,1H3,(H,42,43). The topological polar surface area (TPSA) is 117 Å². The quantitative estimate of drug-likeness (QED) is 0.250. The molecule has 10 nitrogen and oxygen atoms in total. The third-order valence-electron chi connectivity index (χ3n) is 7.86. The molecule has 0 atom stereocenters. The number of hydrogen-bond donors (Lipinski definition) is 2. The van der Waals surface area contributed by atoms with Crippen molar-refractivity contribution in [2.24, 2.45) is 0 Å². The van der Waals surface area contributed by atoms with Gasteiger partial charge >= 0.3 is 6.09 Å². The van der Waals surface area contributed by atoms with Gasteiger partial charge in [0.2, 0.25) is 17.1 Å². The third kappa shape index (κ3) is 6.29. The number of pyridine rings is 1. The summed E-state index contributed by atoms with van der Waals surface area (Å²) < 4.78 is 23.0. The van der Waals surface area contributed by atoms with Gasteiger partial charge in [-0.15, -0.1) is 0 Å². The van der Waals surface area contributed by atoms with Crippen LogP contribution in [-0.2, 0) is 19.5 Å². The smallest absolute Gasteiger partial charge is 0.404 e. The molecule has 3 heterocycles. The van der Waals surface area contributed by atoms with Crippen LogP contribution in [0.15, 0.2) is 76.2 Å². The molecule has 0 aliphatic carbocycles. The first-order valence-corrected chi connectivity index (χ1v) is 14.5. The largest absolute Gasteiger partial charge is 0.465 e. The van der Waals surface area contributed by atoms with E-state index in [9.17, 15) is 9.59 Å². The molecule has 0 spiro atoms. The molecule has 12 heteroatoms. The maximum absolute atomic E-state index is 15.6. The number of likely N-dealkylation sites (N-methyl/N-ethyl adjacent to an activating group) is 1. The van der Waals surface area contributed by atoms with Gasteiger partial charge in [-0.3, -0.25) is 4.79 Å². The monoisotopic (exact) mass is 616 g/mol. The van der Waals surface area contributed by atoms with Gasteiger partial charge in [-0.25, -0.2) is 9.18 Å². The number of carbonyl (C=O) groups is 1. The van der Waals surface area contributed by atoms with E-state index in [0.717, 1.165) is 29.8 Å². The average molecular weight is 617 g/mol. The van der Waals surface area contributed by atoms with E-state index in [1.807, 2.05) is 52.9 Å². The van der Waals surface area contributed by atoms with Crippen LogP contribution in [0.3, 0.4) is 0 Å². The maximum Gasteiger partial charge on any atom is 0.404 e. The number of aromatic nitrogens is 3. The highest BCUT2D eigenvalue weighted by molar-refractivity contribution is 6.30. The van der Waals surface area contributed by atoms with Crippen LogP contribution in [0.4, 0.5) is 14.9 Å². The number of benzene rings is 3. The lowest BCUT2D eigenvalue weighted by molar-refractivity contribution is 0.194. The number of nitrogens with zero attached hydrogens (tertiary/aromatic N) is 5. The van der Waals surface area contributed by atoms with Crippen molar-refractivity contribution in [3.63, 3.8) is 0 Å². The van der Waals surface area contributed by atoms with E-state index < -0.39 is 17.3 Å². The van der Waals surface area contributed by atoms with Crippen molar-refractivity contribution in [1.29, 1.82) is 0 Å². The summed E-state index contributed by atoms with van der Waals surface area (Å²) in [6.45, 7) is 3.50. The van der Waals surface area contributed by atoms with E-state index in [-0.39, 0.29) is 35.6 Å². The van der Waals surface area contributed by atoms with Crippen molar-refractivity contribution in [3.05, 3.63) is 111 Å². The minimum Gasteiger partial charge on any atom is -0.465 e. The van der Waals surface area contributed by atoms with Crippen LogP contribution < -0.4 is 15.6 Å². The Morgan fingerprint density at radius 2 is 1.80 bits per heavy atom. The Balaban J connectivity index is 1.40. The van der Waals surface area contributed by atoms with Gasteiger partial charge in [-0.2, -0.15) is 4.98 Å². The van der Waals surface area contributed by atoms with Crippen molar-refractivity contribution < 1.29 is 18.8 Å². The van der Waals surface area contributed by atoms with Gasteiger partial charge in [0.15, 0.2) is 0 Å². The number of rotatable bonds is 8. The van der Waals surface area contributed by atoms with Gasteiger partial charge in [0.1, 0.15) is 5.82 Å². The summed E-state index contributed by atoms with van der Waals surface area (Å²) in [5.74, 6) is -0.126. The molecule has 0 saturated carbocycles. The second-order valence-corrected chi connectivity index (χ2v) is 11.3. The third-order valence-corrected chi connectivity index (χ3v) is 8.11. The molecule has 2 N–H and O–H groups in total. The number of fused-ring (bicyclic) bond motifs is 1. The maximum atomic E-state index is 15.6. The molecule has 1 aliphatic rings. The minimum atomic E-state index is -1.13. The molecule has 1 amide bonds. The van der Waals surface area contributed by atoms with Crippen LogP contribution >= 0.6 is 11.6 Å². The van der Waals surface area contributed by atoms with E-state index >= 15 is 4.39 Å². The van der Waals surface area contributed by atoms with Crippen LogP contribution in [0.25, 0.3) is 22.3 Å². The highest BCUT2D eigenvalue weighted by Crippen LogP contribution is 2.28. The number of amides is 1. The molecule has 6 rings (SSSR count). The van der Waals surface area contributed by atoms with Crippen LogP contribution in [0.2, 0.25) is 5.02 Å². The van der Waals surface area contributed by atoms with Crippen molar-refractivity contribution in [1.82, 2.24) is 24.9 Å². The lowest BCUT2D eigenvalue weighted by Crippen LogP contribution is -2.44. The predicted octanol–water partition coefficient (Wildman–Crippen LogP) is 5.00. The van der Waals surface area contributed by atoms with E-state index in [4.69, 9.17) is 21.2 Å². The van der Waals surface area contributed by atoms with Crippen molar-refractivity contribution in [2.45, 2.75) is 19.5 Å². The summed E-state index contributed by atoms with van der Waals surface area (Å²) in [6.07, 6.45) is 0.794. The number of hydrogen-bond acceptors (Lipinski definition) is 7. The molecule has 2 aromatic heterocycles. The highest BCUT2D eigenvalue weighted by Gasteiger charge is 2.22. The van der Waals surface area contributed by atoms with Crippen molar-refractivity contribution in [2.75, 3.05) is 38.1 Å². The van der Waals surface area contributed by atoms with Crippen LogP contribution in [0, 0.1) is 5.82 Å². The molecule has 1 fully saturated rings. The van der Waals surface area contributed by atoms with Crippen LogP contribution in [-0.4, -0.2) is 64.0 Å². The average Bonchev–Trinajstić information content (AvgIpc) is 3.47. The molecule has 5 aromatic rings. The van der Waals surface area contributed by atoms with E-state index in [0.29, 0.717) is 35.9 Å². The summed E-state index contributed by atoms with van der Waals surface area (Å²) in [7, 11) is 2.04. The van der Waals surface area contributed by atoms with Gasteiger partial charge in [0.05, 0.1) is 23.2 Å². The Bertz CT molecular complexity index is 1880. The van der Waals surface area contributed by atoms with E-state index in [2.05, 4.69) is 20.4 Å². The summed E-state index contributed by atoms with van der Waals surface area (Å²) in [5, 5.41) is 16.3. The zero-order valence-corrected chi connectivity index (χ0v) is 24.7. The molecule has 0 bridgehead atoms. The molecular formula is C32H30ClFN6O4. The Morgan fingerprint density at radius 1 is 1.07 bits per heavy atom. The fraction of sp³-hybridized carbons (Fsp3) is 0.250. The Hall–Kier alpha value is -4.74. The Labute approximate surface area is 257 Å². The lowest BCUT2D eigenvalue weighted by Gasteiger charge is -2.34. The number of halogens is 2. The molecule has 0 radical (unpaired) electrons. The summed E-state index contributed by atoms with van der Waals surface area (Å²) in [6, 6.07) is 17.8. The SMILES string of the molecule is CN1CCN(c2cc3c(cc2F)c(=O)c(-c2noc(Cc4ccccc4CNC(=O)O)n2)cn3Cc2ccc(Cl)cc2)CC1. The molecule has 44 heavy (non-hydrogen) atoms. The van der Waals surface area contributed by atoms with Crippen LogP contribution in [0.5, 0.6) is 0 Å². The van der Waals surface area contributed by atoms with Crippen LogP contribution in [0.1, 0.15) is 22.6 Å². The van der Waals surface area contributed by atoms with E-state index in [1.54, 1.807) is 24.4 Å². The first-order valence-electron chi connectivity index (χ1n) is 14.2. The van der Waals surface area contributed by atoms with Gasteiger partial charge in [0, 0.05) is 55.9 Å². The van der Waals surface area contributed by atoms with Gasteiger partial charge in [0.25, 0.3) is 0 Å². The van der Waals surface area contributed by atoms with Crippen molar-refractivity contribution in [3.8, 4) is 11.4 Å². The van der Waals surface area contributed by atoms with Gasteiger partial charge in [-0.1, -0.05) is 53.2 Å². The zero-order valence-electron chi connectivity index (χ0n) is 24.0. The Morgan fingerprint density at radius 3 is 2.52 bits per heavy atom. The Kier molecular flexibility index (Phi) is 8.32. The van der Waals surface area contributed by atoms with Gasteiger partial charge < -0.3 is 29.3 Å². The molecular weight excluding hydrogens is 587 g/mol. The summed E-state index contributed by atoms with van der Waals surface area (Å²) in [4.78, 5) is 33.5. The first kappa shape index (κ1) is 29.3. The molecule has 1 saturated heterocycles. The van der Waals surface area contributed by atoms with E-state index in [1.165, 1.54) is 6.07 Å². The fourth-order valence-electron chi connectivity index (χ4n) is 5.44. The molecule has 0 unspecified atom stereocenters. The molecule has 1 aliphatic heterocycles. The highest BCUT2D eigenvalue weighted by atomic mass is 35.5. The fourth-order valence-corrected chi connectivity index (χ4v) is 5.56. The number of piperazine rings is 1. The summed E-state index contributed by atoms with van der Waals surface area (Å²) in [5.41, 5.74) is 3.32.